The zero-order valence-electron chi connectivity index (χ0n) is 11.6. The molecule has 0 aliphatic rings. The van der Waals surface area contributed by atoms with Gasteiger partial charge < -0.3 is 4.42 Å². The van der Waals surface area contributed by atoms with Gasteiger partial charge in [-0.25, -0.2) is 4.98 Å². The van der Waals surface area contributed by atoms with Crippen molar-refractivity contribution in [3.63, 3.8) is 0 Å². The largest absolute Gasteiger partial charge is 0.454 e. The van der Waals surface area contributed by atoms with E-state index in [0.717, 1.165) is 42.6 Å². The second-order valence-corrected chi connectivity index (χ2v) is 7.17. The van der Waals surface area contributed by atoms with Crippen molar-refractivity contribution in [3.05, 3.63) is 58.7 Å². The Balaban J connectivity index is 1.72. The third-order valence-electron chi connectivity index (χ3n) is 3.79. The summed E-state index contributed by atoms with van der Waals surface area (Å²) >= 11 is 13.7. The Kier molecular flexibility index (Phi) is 2.77. The van der Waals surface area contributed by atoms with E-state index in [9.17, 15) is 0 Å². The van der Waals surface area contributed by atoms with Crippen molar-refractivity contribution in [2.24, 2.45) is 0 Å². The van der Waals surface area contributed by atoms with Crippen molar-refractivity contribution in [3.8, 4) is 11.5 Å². The summed E-state index contributed by atoms with van der Waals surface area (Å²) in [5, 5.41) is 2.40. The Morgan fingerprint density at radius 3 is 2.74 bits per heavy atom. The number of benzene rings is 2. The standard InChI is InChI=1S/C17H8Cl2N2OS/c18-10-2-4-14-9(5-10)6-15(22-14)12-8-21-13-3-1-11(19)7-16(13)23-17(21)20-12/h1-8H. The molecular formula is C17H8Cl2N2OS. The summed E-state index contributed by atoms with van der Waals surface area (Å²) in [6.07, 6.45) is 1.99. The molecule has 6 heteroatoms. The molecule has 0 N–H and O–H groups in total. The van der Waals surface area contributed by atoms with Gasteiger partial charge in [-0.15, -0.1) is 0 Å². The smallest absolute Gasteiger partial charge is 0.195 e. The van der Waals surface area contributed by atoms with E-state index in [-0.39, 0.29) is 0 Å². The summed E-state index contributed by atoms with van der Waals surface area (Å²) in [4.78, 5) is 5.59. The number of imidazole rings is 1. The molecule has 2 aromatic carbocycles. The van der Waals surface area contributed by atoms with Crippen molar-refractivity contribution in [1.82, 2.24) is 9.38 Å². The topological polar surface area (TPSA) is 30.4 Å². The van der Waals surface area contributed by atoms with Crippen LogP contribution in [0.5, 0.6) is 0 Å². The zero-order chi connectivity index (χ0) is 15.6. The van der Waals surface area contributed by atoms with Crippen molar-refractivity contribution >= 4 is 60.7 Å². The number of aromatic nitrogens is 2. The van der Waals surface area contributed by atoms with Crippen LogP contribution in [0.4, 0.5) is 0 Å². The summed E-state index contributed by atoms with van der Waals surface area (Å²) < 4.78 is 9.06. The van der Waals surface area contributed by atoms with Gasteiger partial charge in [-0.05, 0) is 42.5 Å². The molecule has 5 rings (SSSR count). The van der Waals surface area contributed by atoms with E-state index in [0.29, 0.717) is 5.02 Å². The highest BCUT2D eigenvalue weighted by molar-refractivity contribution is 7.23. The number of halogens is 2. The van der Waals surface area contributed by atoms with E-state index >= 15 is 0 Å². The van der Waals surface area contributed by atoms with Crippen LogP contribution in [0.3, 0.4) is 0 Å². The second kappa shape index (κ2) is 4.74. The molecule has 0 atom stereocenters. The molecule has 5 aromatic rings. The Labute approximate surface area is 144 Å². The molecule has 112 valence electrons. The zero-order valence-corrected chi connectivity index (χ0v) is 13.9. The number of nitrogens with zero attached hydrogens (tertiary/aromatic N) is 2. The lowest BCUT2D eigenvalue weighted by molar-refractivity contribution is 0.629. The van der Waals surface area contributed by atoms with Crippen molar-refractivity contribution < 1.29 is 4.42 Å². The molecule has 0 saturated carbocycles. The molecule has 0 aliphatic heterocycles. The SMILES string of the molecule is Clc1ccc2oc(-c3cn4c(n3)sc3cc(Cl)ccc34)cc2c1. The molecule has 0 unspecified atom stereocenters. The predicted octanol–water partition coefficient (Wildman–Crippen LogP) is 6.27. The highest BCUT2D eigenvalue weighted by Gasteiger charge is 2.14. The third-order valence-corrected chi connectivity index (χ3v) is 5.27. The molecule has 0 aliphatic carbocycles. The van der Waals surface area contributed by atoms with E-state index in [1.807, 2.05) is 48.7 Å². The molecule has 3 aromatic heterocycles. The first kappa shape index (κ1) is 13.4. The molecule has 0 amide bonds. The molecule has 0 fully saturated rings. The number of furan rings is 1. The van der Waals surface area contributed by atoms with Gasteiger partial charge in [0.25, 0.3) is 0 Å². The quantitative estimate of drug-likeness (QED) is 0.353. The average Bonchev–Trinajstić information content (AvgIpc) is 3.17. The van der Waals surface area contributed by atoms with Crippen LogP contribution in [0.1, 0.15) is 0 Å². The number of rotatable bonds is 1. The van der Waals surface area contributed by atoms with Crippen LogP contribution in [-0.4, -0.2) is 9.38 Å². The van der Waals surface area contributed by atoms with Gasteiger partial charge in [-0.2, -0.15) is 0 Å². The van der Waals surface area contributed by atoms with Crippen LogP contribution < -0.4 is 0 Å². The van der Waals surface area contributed by atoms with Gasteiger partial charge in [-0.3, -0.25) is 4.40 Å². The fourth-order valence-corrected chi connectivity index (χ4v) is 4.20. The third kappa shape index (κ3) is 2.06. The minimum atomic E-state index is 0.693. The predicted molar refractivity (Wildman–Crippen MR) is 95.8 cm³/mol. The molecule has 0 saturated heterocycles. The lowest BCUT2D eigenvalue weighted by atomic mass is 10.2. The van der Waals surface area contributed by atoms with Gasteiger partial charge in [0.15, 0.2) is 10.7 Å². The molecule has 3 heterocycles. The lowest BCUT2D eigenvalue weighted by Gasteiger charge is -1.92. The van der Waals surface area contributed by atoms with Crippen LogP contribution in [-0.2, 0) is 0 Å². The fourth-order valence-electron chi connectivity index (χ4n) is 2.73. The monoisotopic (exact) mass is 358 g/mol. The normalized spacial score (nSPS) is 11.9. The minimum absolute atomic E-state index is 0.693. The minimum Gasteiger partial charge on any atom is -0.454 e. The molecule has 0 spiro atoms. The summed E-state index contributed by atoms with van der Waals surface area (Å²) in [6, 6.07) is 13.4. The molecule has 0 radical (unpaired) electrons. The van der Waals surface area contributed by atoms with E-state index in [2.05, 4.69) is 9.38 Å². The van der Waals surface area contributed by atoms with Crippen molar-refractivity contribution in [2.45, 2.75) is 0 Å². The Bertz CT molecular complexity index is 1200. The van der Waals surface area contributed by atoms with Crippen LogP contribution in [0.15, 0.2) is 53.1 Å². The Morgan fingerprint density at radius 2 is 1.83 bits per heavy atom. The summed E-state index contributed by atoms with van der Waals surface area (Å²) in [5.41, 5.74) is 2.70. The summed E-state index contributed by atoms with van der Waals surface area (Å²) in [6.45, 7) is 0. The molecule has 0 bridgehead atoms. The van der Waals surface area contributed by atoms with Gasteiger partial charge in [-0.1, -0.05) is 34.5 Å². The van der Waals surface area contributed by atoms with Crippen molar-refractivity contribution in [1.29, 1.82) is 0 Å². The second-order valence-electron chi connectivity index (χ2n) is 5.29. The first-order valence-corrected chi connectivity index (χ1v) is 8.51. The van der Waals surface area contributed by atoms with Crippen molar-refractivity contribution in [2.75, 3.05) is 0 Å². The first-order chi connectivity index (χ1) is 11.2. The van der Waals surface area contributed by atoms with Gasteiger partial charge in [0, 0.05) is 21.6 Å². The maximum atomic E-state index is 6.05. The van der Waals surface area contributed by atoms with Crippen LogP contribution in [0, 0.1) is 0 Å². The molecular weight excluding hydrogens is 351 g/mol. The number of hydrogen-bond donors (Lipinski definition) is 0. The van der Waals surface area contributed by atoms with E-state index in [4.69, 9.17) is 27.6 Å². The molecule has 3 nitrogen and oxygen atoms in total. The van der Waals surface area contributed by atoms with E-state index in [1.165, 1.54) is 0 Å². The number of fused-ring (bicyclic) bond motifs is 4. The fraction of sp³-hybridized carbons (Fsp3) is 0. The first-order valence-electron chi connectivity index (χ1n) is 6.94. The van der Waals surface area contributed by atoms with Gasteiger partial charge >= 0.3 is 0 Å². The Morgan fingerprint density at radius 1 is 1.00 bits per heavy atom. The Hall–Kier alpha value is -2.01. The lowest BCUT2D eigenvalue weighted by Crippen LogP contribution is -1.76. The number of hydrogen-bond acceptors (Lipinski definition) is 3. The average molecular weight is 359 g/mol. The van der Waals surface area contributed by atoms with E-state index in [1.54, 1.807) is 11.3 Å². The molecule has 23 heavy (non-hydrogen) atoms. The maximum absolute atomic E-state index is 6.05. The number of thiazole rings is 1. The summed E-state index contributed by atoms with van der Waals surface area (Å²) in [7, 11) is 0. The van der Waals surface area contributed by atoms with E-state index < -0.39 is 0 Å². The van der Waals surface area contributed by atoms with Crippen LogP contribution in [0.2, 0.25) is 10.0 Å². The highest BCUT2D eigenvalue weighted by Crippen LogP contribution is 2.33. The highest BCUT2D eigenvalue weighted by atomic mass is 35.5. The van der Waals surface area contributed by atoms with Crippen LogP contribution in [0.25, 0.3) is 37.6 Å². The summed E-state index contributed by atoms with van der Waals surface area (Å²) in [5.74, 6) is 0.736. The van der Waals surface area contributed by atoms with Crippen LogP contribution >= 0.6 is 34.5 Å². The maximum Gasteiger partial charge on any atom is 0.195 e. The van der Waals surface area contributed by atoms with Gasteiger partial charge in [0.05, 0.1) is 10.2 Å². The van der Waals surface area contributed by atoms with Gasteiger partial charge in [0.1, 0.15) is 11.3 Å². The van der Waals surface area contributed by atoms with Gasteiger partial charge in [0.2, 0.25) is 0 Å².